The number of aromatic nitrogens is 2. The van der Waals surface area contributed by atoms with Gasteiger partial charge in [-0.05, 0) is 31.0 Å². The Morgan fingerprint density at radius 2 is 1.81 bits per heavy atom. The molecule has 1 aliphatic rings. The van der Waals surface area contributed by atoms with Gasteiger partial charge in [-0.3, -0.25) is 19.1 Å². The van der Waals surface area contributed by atoms with E-state index in [0.29, 0.717) is 17.1 Å². The zero-order valence-electron chi connectivity index (χ0n) is 15.4. The van der Waals surface area contributed by atoms with E-state index in [-0.39, 0.29) is 23.4 Å². The summed E-state index contributed by atoms with van der Waals surface area (Å²) in [6.07, 6.45) is 3.95. The van der Waals surface area contributed by atoms with Crippen molar-refractivity contribution in [2.45, 2.75) is 25.7 Å². The van der Waals surface area contributed by atoms with E-state index < -0.39 is 5.91 Å². The minimum absolute atomic E-state index is 0.0271. The van der Waals surface area contributed by atoms with Crippen molar-refractivity contribution in [3.05, 3.63) is 41.6 Å². The van der Waals surface area contributed by atoms with E-state index in [1.165, 1.54) is 4.68 Å². The summed E-state index contributed by atoms with van der Waals surface area (Å²) in [5, 5.41) is 12.3. The Balaban J connectivity index is 1.69. The van der Waals surface area contributed by atoms with Crippen molar-refractivity contribution in [2.75, 3.05) is 17.7 Å². The predicted molar refractivity (Wildman–Crippen MR) is 102 cm³/mol. The highest BCUT2D eigenvalue weighted by atomic mass is 16.2. The quantitative estimate of drug-likeness (QED) is 0.751. The van der Waals surface area contributed by atoms with Crippen LogP contribution in [0.5, 0.6) is 0 Å². The van der Waals surface area contributed by atoms with Crippen LogP contribution in [-0.4, -0.2) is 34.5 Å². The average molecular weight is 369 g/mol. The highest BCUT2D eigenvalue weighted by Crippen LogP contribution is 2.26. The molecular weight excluding hydrogens is 346 g/mol. The molecule has 1 heterocycles. The summed E-state index contributed by atoms with van der Waals surface area (Å²) in [6, 6.07) is 8.17. The van der Waals surface area contributed by atoms with E-state index in [0.717, 1.165) is 25.7 Å². The first-order valence-electron chi connectivity index (χ1n) is 8.96. The lowest BCUT2D eigenvalue weighted by molar-refractivity contribution is -0.119. The number of carbonyl (C=O) groups excluding carboxylic acids is 3. The van der Waals surface area contributed by atoms with Gasteiger partial charge < -0.3 is 16.0 Å². The Bertz CT molecular complexity index is 868. The molecule has 27 heavy (non-hydrogen) atoms. The summed E-state index contributed by atoms with van der Waals surface area (Å²) in [5.41, 5.74) is 1.12. The summed E-state index contributed by atoms with van der Waals surface area (Å²) in [7, 11) is 3.22. The SMILES string of the molecule is CNC(=O)c1cccc(NC(=O)c2cc(NC(=O)C3CCCC3)n(C)n2)c1. The Kier molecular flexibility index (Phi) is 5.54. The molecule has 3 rings (SSSR count). The van der Waals surface area contributed by atoms with Crippen LogP contribution in [0.1, 0.15) is 46.5 Å². The van der Waals surface area contributed by atoms with Gasteiger partial charge in [0.2, 0.25) is 5.91 Å². The van der Waals surface area contributed by atoms with Crippen LogP contribution < -0.4 is 16.0 Å². The molecular formula is C19H23N5O3. The maximum atomic E-state index is 12.5. The molecule has 1 saturated carbocycles. The molecule has 0 unspecified atom stereocenters. The lowest BCUT2D eigenvalue weighted by atomic mass is 10.1. The highest BCUT2D eigenvalue weighted by molar-refractivity contribution is 6.05. The first-order valence-corrected chi connectivity index (χ1v) is 8.96. The van der Waals surface area contributed by atoms with Gasteiger partial charge in [-0.25, -0.2) is 0 Å². The second-order valence-electron chi connectivity index (χ2n) is 6.62. The Labute approximate surface area is 157 Å². The molecule has 8 heteroatoms. The molecule has 0 spiro atoms. The number of nitrogens with zero attached hydrogens (tertiary/aromatic N) is 2. The molecule has 1 aromatic heterocycles. The molecule has 3 N–H and O–H groups in total. The topological polar surface area (TPSA) is 105 Å². The first kappa shape index (κ1) is 18.6. The Hall–Kier alpha value is -3.16. The van der Waals surface area contributed by atoms with E-state index in [1.54, 1.807) is 44.4 Å². The van der Waals surface area contributed by atoms with E-state index in [9.17, 15) is 14.4 Å². The number of hydrogen-bond donors (Lipinski definition) is 3. The molecule has 0 bridgehead atoms. The number of hydrogen-bond acceptors (Lipinski definition) is 4. The largest absolute Gasteiger partial charge is 0.355 e. The molecule has 142 valence electrons. The number of amides is 3. The monoisotopic (exact) mass is 369 g/mol. The number of rotatable bonds is 5. The average Bonchev–Trinajstić information content (AvgIpc) is 3.32. The van der Waals surface area contributed by atoms with Crippen molar-refractivity contribution in [3.8, 4) is 0 Å². The van der Waals surface area contributed by atoms with Crippen molar-refractivity contribution < 1.29 is 14.4 Å². The van der Waals surface area contributed by atoms with Crippen molar-refractivity contribution in [1.29, 1.82) is 0 Å². The van der Waals surface area contributed by atoms with Gasteiger partial charge in [0.15, 0.2) is 5.69 Å². The Morgan fingerprint density at radius 3 is 2.52 bits per heavy atom. The van der Waals surface area contributed by atoms with E-state index >= 15 is 0 Å². The minimum atomic E-state index is -0.416. The van der Waals surface area contributed by atoms with Gasteiger partial charge in [0.05, 0.1) is 0 Å². The van der Waals surface area contributed by atoms with Crippen LogP contribution in [0.15, 0.2) is 30.3 Å². The van der Waals surface area contributed by atoms with Crippen molar-refractivity contribution in [2.24, 2.45) is 13.0 Å². The van der Waals surface area contributed by atoms with Crippen LogP contribution in [0.2, 0.25) is 0 Å². The van der Waals surface area contributed by atoms with Gasteiger partial charge >= 0.3 is 0 Å². The van der Waals surface area contributed by atoms with E-state index in [1.807, 2.05) is 0 Å². The number of anilines is 2. The van der Waals surface area contributed by atoms with Crippen LogP contribution in [-0.2, 0) is 11.8 Å². The summed E-state index contributed by atoms with van der Waals surface area (Å²) >= 11 is 0. The van der Waals surface area contributed by atoms with Gasteiger partial charge in [0, 0.05) is 37.3 Å². The second kappa shape index (κ2) is 8.03. The number of carbonyl (C=O) groups is 3. The van der Waals surface area contributed by atoms with Gasteiger partial charge in [-0.2, -0.15) is 5.10 Å². The minimum Gasteiger partial charge on any atom is -0.355 e. The number of benzene rings is 1. The van der Waals surface area contributed by atoms with Gasteiger partial charge in [-0.1, -0.05) is 18.9 Å². The van der Waals surface area contributed by atoms with Gasteiger partial charge in [0.25, 0.3) is 11.8 Å². The fourth-order valence-corrected chi connectivity index (χ4v) is 3.19. The Morgan fingerprint density at radius 1 is 1.07 bits per heavy atom. The van der Waals surface area contributed by atoms with Crippen LogP contribution in [0.3, 0.4) is 0 Å². The molecule has 2 aromatic rings. The fraction of sp³-hybridized carbons (Fsp3) is 0.368. The second-order valence-corrected chi connectivity index (χ2v) is 6.62. The highest BCUT2D eigenvalue weighted by Gasteiger charge is 2.24. The molecule has 1 fully saturated rings. The smallest absolute Gasteiger partial charge is 0.276 e. The summed E-state index contributed by atoms with van der Waals surface area (Å²) in [4.78, 5) is 36.4. The third-order valence-corrected chi connectivity index (χ3v) is 4.70. The standard InChI is InChI=1S/C19H23N5O3/c1-20-17(25)13-8-5-9-14(10-13)21-19(27)15-11-16(24(2)23-15)22-18(26)12-6-3-4-7-12/h5,8-12H,3-4,6-7H2,1-2H3,(H,20,25)(H,21,27)(H,22,26). The van der Waals surface area contributed by atoms with Crippen LogP contribution in [0.25, 0.3) is 0 Å². The molecule has 3 amide bonds. The molecule has 1 aromatic carbocycles. The van der Waals surface area contributed by atoms with Crippen LogP contribution >= 0.6 is 0 Å². The molecule has 1 aliphatic carbocycles. The lowest BCUT2D eigenvalue weighted by Gasteiger charge is -2.09. The summed E-state index contributed by atoms with van der Waals surface area (Å²) in [6.45, 7) is 0. The van der Waals surface area contributed by atoms with Gasteiger partial charge in [-0.15, -0.1) is 0 Å². The third kappa shape index (κ3) is 4.33. The number of nitrogens with one attached hydrogen (secondary N) is 3. The van der Waals surface area contributed by atoms with Crippen LogP contribution in [0.4, 0.5) is 11.5 Å². The predicted octanol–water partition coefficient (Wildman–Crippen LogP) is 2.16. The van der Waals surface area contributed by atoms with Crippen molar-refractivity contribution >= 4 is 29.2 Å². The fourth-order valence-electron chi connectivity index (χ4n) is 3.19. The van der Waals surface area contributed by atoms with Gasteiger partial charge in [0.1, 0.15) is 5.82 Å². The van der Waals surface area contributed by atoms with Crippen molar-refractivity contribution in [3.63, 3.8) is 0 Å². The van der Waals surface area contributed by atoms with E-state index in [2.05, 4.69) is 21.0 Å². The molecule has 8 nitrogen and oxygen atoms in total. The van der Waals surface area contributed by atoms with Crippen molar-refractivity contribution in [1.82, 2.24) is 15.1 Å². The molecule has 0 radical (unpaired) electrons. The van der Waals surface area contributed by atoms with E-state index in [4.69, 9.17) is 0 Å². The van der Waals surface area contributed by atoms with Crippen LogP contribution in [0, 0.1) is 5.92 Å². The number of aryl methyl sites for hydroxylation is 1. The zero-order valence-corrected chi connectivity index (χ0v) is 15.4. The third-order valence-electron chi connectivity index (χ3n) is 4.70. The summed E-state index contributed by atoms with van der Waals surface area (Å²) in [5.74, 6) is -0.164. The maximum Gasteiger partial charge on any atom is 0.276 e. The molecule has 0 atom stereocenters. The normalized spacial score (nSPS) is 14.0. The zero-order chi connectivity index (χ0) is 19.4. The summed E-state index contributed by atoms with van der Waals surface area (Å²) < 4.78 is 1.47. The first-order chi connectivity index (χ1) is 13.0. The molecule has 0 aliphatic heterocycles. The maximum absolute atomic E-state index is 12.5. The molecule has 0 saturated heterocycles. The lowest BCUT2D eigenvalue weighted by Crippen LogP contribution is -2.21.